The molecule has 5 heteroatoms. The maximum Gasteiger partial charge on any atom is 0.234 e. The maximum atomic E-state index is 11.6. The third kappa shape index (κ3) is 3.93. The lowest BCUT2D eigenvalue weighted by molar-refractivity contribution is -0.123. The number of amides is 1. The van der Waals surface area contributed by atoms with Gasteiger partial charge in [0.1, 0.15) is 0 Å². The predicted octanol–water partition coefficient (Wildman–Crippen LogP) is 0.598. The molecule has 0 spiro atoms. The fourth-order valence-electron chi connectivity index (χ4n) is 2.56. The number of piperidine rings is 1. The maximum absolute atomic E-state index is 11.6. The van der Waals surface area contributed by atoms with Crippen molar-refractivity contribution in [1.82, 2.24) is 10.2 Å². The lowest BCUT2D eigenvalue weighted by atomic mass is 9.96. The molecular formula is C13H24N2O3. The number of carbonyl (C=O) groups excluding carboxylic acids is 1. The van der Waals surface area contributed by atoms with Crippen LogP contribution in [0.5, 0.6) is 0 Å². The normalized spacial score (nSPS) is 23.4. The van der Waals surface area contributed by atoms with Gasteiger partial charge in [0, 0.05) is 12.5 Å². The molecule has 104 valence electrons. The Labute approximate surface area is 109 Å². The van der Waals surface area contributed by atoms with Gasteiger partial charge >= 0.3 is 0 Å². The van der Waals surface area contributed by atoms with E-state index in [0.717, 1.165) is 52.1 Å². The largest absolute Gasteiger partial charge is 0.355 e. The molecule has 2 aliphatic heterocycles. The second-order valence-corrected chi connectivity index (χ2v) is 5.07. The summed E-state index contributed by atoms with van der Waals surface area (Å²) in [6, 6.07) is 0. The number of rotatable bonds is 5. The smallest absolute Gasteiger partial charge is 0.234 e. The van der Waals surface area contributed by atoms with E-state index in [-0.39, 0.29) is 12.2 Å². The number of nitrogens with zero attached hydrogens (tertiary/aromatic N) is 1. The zero-order chi connectivity index (χ0) is 12.8. The topological polar surface area (TPSA) is 50.8 Å². The Morgan fingerprint density at radius 2 is 1.94 bits per heavy atom. The van der Waals surface area contributed by atoms with Crippen LogP contribution in [-0.4, -0.2) is 56.5 Å². The minimum atomic E-state index is 0.000989. The second kappa shape index (κ2) is 7.07. The van der Waals surface area contributed by atoms with Crippen LogP contribution in [0, 0.1) is 5.92 Å². The van der Waals surface area contributed by atoms with Crippen LogP contribution in [0.15, 0.2) is 0 Å². The molecule has 1 amide bonds. The Morgan fingerprint density at radius 3 is 2.56 bits per heavy atom. The molecule has 18 heavy (non-hydrogen) atoms. The van der Waals surface area contributed by atoms with Crippen LogP contribution < -0.4 is 5.32 Å². The summed E-state index contributed by atoms with van der Waals surface area (Å²) in [7, 11) is 0. The molecule has 2 saturated heterocycles. The Kier molecular flexibility index (Phi) is 5.41. The minimum absolute atomic E-state index is 0.000989. The van der Waals surface area contributed by atoms with Gasteiger partial charge in [-0.3, -0.25) is 9.69 Å². The zero-order valence-electron chi connectivity index (χ0n) is 11.2. The molecule has 1 N–H and O–H groups in total. The first-order valence-electron chi connectivity index (χ1n) is 7.02. The molecule has 0 aliphatic carbocycles. The summed E-state index contributed by atoms with van der Waals surface area (Å²) in [5.41, 5.74) is 0. The van der Waals surface area contributed by atoms with Crippen LogP contribution >= 0.6 is 0 Å². The van der Waals surface area contributed by atoms with E-state index in [1.807, 2.05) is 0 Å². The molecule has 0 bridgehead atoms. The quantitative estimate of drug-likeness (QED) is 0.782. The average molecular weight is 256 g/mol. The van der Waals surface area contributed by atoms with E-state index in [4.69, 9.17) is 9.47 Å². The van der Waals surface area contributed by atoms with E-state index in [0.29, 0.717) is 12.5 Å². The summed E-state index contributed by atoms with van der Waals surface area (Å²) in [6.45, 7) is 6.75. The van der Waals surface area contributed by atoms with Crippen molar-refractivity contribution in [3.05, 3.63) is 0 Å². The van der Waals surface area contributed by atoms with Gasteiger partial charge in [-0.15, -0.1) is 0 Å². The minimum Gasteiger partial charge on any atom is -0.355 e. The molecule has 0 radical (unpaired) electrons. The van der Waals surface area contributed by atoms with Crippen LogP contribution in [0.1, 0.15) is 26.2 Å². The van der Waals surface area contributed by atoms with Crippen LogP contribution in [0.2, 0.25) is 0 Å². The Hall–Kier alpha value is -0.650. The first-order chi connectivity index (χ1) is 8.79. The standard InChI is InChI=1S/C13H24N2O3/c1-2-5-14-12(16)10-15-6-3-11(4-7-15)13-17-8-9-18-13/h11,13H,2-10H2,1H3,(H,14,16). The lowest BCUT2D eigenvalue weighted by Gasteiger charge is -2.33. The van der Waals surface area contributed by atoms with E-state index in [9.17, 15) is 4.79 Å². The number of hydrogen-bond acceptors (Lipinski definition) is 4. The van der Waals surface area contributed by atoms with E-state index >= 15 is 0 Å². The number of likely N-dealkylation sites (tertiary alicyclic amines) is 1. The van der Waals surface area contributed by atoms with Crippen molar-refractivity contribution >= 4 is 5.91 Å². The van der Waals surface area contributed by atoms with Gasteiger partial charge in [-0.2, -0.15) is 0 Å². The molecule has 0 saturated carbocycles. The summed E-state index contributed by atoms with van der Waals surface area (Å²) < 4.78 is 11.1. The van der Waals surface area contributed by atoms with Gasteiger partial charge in [0.2, 0.25) is 5.91 Å². The van der Waals surface area contributed by atoms with Crippen LogP contribution in [-0.2, 0) is 14.3 Å². The van der Waals surface area contributed by atoms with E-state index in [1.54, 1.807) is 0 Å². The number of ether oxygens (including phenoxy) is 2. The highest BCUT2D eigenvalue weighted by Gasteiger charge is 2.30. The fourth-order valence-corrected chi connectivity index (χ4v) is 2.56. The Balaban J connectivity index is 1.65. The number of carbonyl (C=O) groups is 1. The van der Waals surface area contributed by atoms with Crippen molar-refractivity contribution in [3.63, 3.8) is 0 Å². The highest BCUT2D eigenvalue weighted by molar-refractivity contribution is 5.77. The van der Waals surface area contributed by atoms with E-state index < -0.39 is 0 Å². The monoisotopic (exact) mass is 256 g/mol. The molecule has 2 heterocycles. The molecule has 0 atom stereocenters. The van der Waals surface area contributed by atoms with E-state index in [1.165, 1.54) is 0 Å². The van der Waals surface area contributed by atoms with Gasteiger partial charge in [0.15, 0.2) is 6.29 Å². The van der Waals surface area contributed by atoms with Gasteiger partial charge in [0.05, 0.1) is 19.8 Å². The van der Waals surface area contributed by atoms with Crippen molar-refractivity contribution < 1.29 is 14.3 Å². The summed E-state index contributed by atoms with van der Waals surface area (Å²) in [5, 5.41) is 2.92. The summed E-state index contributed by atoms with van der Waals surface area (Å²) in [6.07, 6.45) is 3.11. The summed E-state index contributed by atoms with van der Waals surface area (Å²) >= 11 is 0. The van der Waals surface area contributed by atoms with Gasteiger partial charge in [-0.1, -0.05) is 6.92 Å². The molecular weight excluding hydrogens is 232 g/mol. The van der Waals surface area contributed by atoms with E-state index in [2.05, 4.69) is 17.1 Å². The molecule has 0 aromatic carbocycles. The summed E-state index contributed by atoms with van der Waals surface area (Å²) in [4.78, 5) is 13.8. The summed E-state index contributed by atoms with van der Waals surface area (Å²) in [5.74, 6) is 0.645. The van der Waals surface area contributed by atoms with Crippen molar-refractivity contribution in [1.29, 1.82) is 0 Å². The SMILES string of the molecule is CCCNC(=O)CN1CCC(C2OCCO2)CC1. The molecule has 0 aromatic rings. The molecule has 0 unspecified atom stereocenters. The second-order valence-electron chi connectivity index (χ2n) is 5.07. The fraction of sp³-hybridized carbons (Fsp3) is 0.923. The van der Waals surface area contributed by atoms with Gasteiger partial charge < -0.3 is 14.8 Å². The molecule has 0 aromatic heterocycles. The van der Waals surface area contributed by atoms with Crippen molar-refractivity contribution in [3.8, 4) is 0 Å². The number of nitrogens with one attached hydrogen (secondary N) is 1. The Morgan fingerprint density at radius 1 is 1.28 bits per heavy atom. The highest BCUT2D eigenvalue weighted by atomic mass is 16.7. The number of hydrogen-bond donors (Lipinski definition) is 1. The van der Waals surface area contributed by atoms with Gasteiger partial charge in [-0.25, -0.2) is 0 Å². The third-order valence-corrected chi connectivity index (χ3v) is 3.60. The van der Waals surface area contributed by atoms with Crippen LogP contribution in [0.4, 0.5) is 0 Å². The first-order valence-corrected chi connectivity index (χ1v) is 7.02. The van der Waals surface area contributed by atoms with Crippen molar-refractivity contribution in [2.45, 2.75) is 32.5 Å². The average Bonchev–Trinajstić information content (AvgIpc) is 2.91. The lowest BCUT2D eigenvalue weighted by Crippen LogP contribution is -2.43. The molecule has 2 fully saturated rings. The van der Waals surface area contributed by atoms with Crippen molar-refractivity contribution in [2.75, 3.05) is 39.4 Å². The molecule has 2 rings (SSSR count). The van der Waals surface area contributed by atoms with Gasteiger partial charge in [0.25, 0.3) is 0 Å². The molecule has 2 aliphatic rings. The Bertz CT molecular complexity index is 259. The van der Waals surface area contributed by atoms with Gasteiger partial charge in [-0.05, 0) is 32.4 Å². The van der Waals surface area contributed by atoms with Crippen LogP contribution in [0.25, 0.3) is 0 Å². The molecule has 5 nitrogen and oxygen atoms in total. The third-order valence-electron chi connectivity index (χ3n) is 3.60. The van der Waals surface area contributed by atoms with Crippen LogP contribution in [0.3, 0.4) is 0 Å². The highest BCUT2D eigenvalue weighted by Crippen LogP contribution is 2.25. The van der Waals surface area contributed by atoms with Crippen molar-refractivity contribution in [2.24, 2.45) is 5.92 Å². The first kappa shape index (κ1) is 13.8. The predicted molar refractivity (Wildman–Crippen MR) is 68.2 cm³/mol. The zero-order valence-corrected chi connectivity index (χ0v) is 11.2.